The van der Waals surface area contributed by atoms with Crippen LogP contribution in [0.5, 0.6) is 0 Å². The maximum Gasteiger partial charge on any atom is 0.139 e. The Bertz CT molecular complexity index is 466. The highest BCUT2D eigenvalue weighted by Gasteiger charge is 2.36. The quantitative estimate of drug-likeness (QED) is 0.916. The standard InChI is InChI=1S/C13H17F2NOS/c1-8-11(16-2)5-6-12(8)18(17)13-7-9(14)3-4-10(13)15/h3-4,7-8,11-12,16H,5-6H2,1-2H3. The molecule has 1 aliphatic rings. The second-order valence-corrected chi connectivity index (χ2v) is 6.38. The third-order valence-corrected chi connectivity index (χ3v) is 5.70. The number of benzene rings is 1. The average molecular weight is 273 g/mol. The molecule has 0 spiro atoms. The molecule has 1 aliphatic carbocycles. The molecule has 2 nitrogen and oxygen atoms in total. The van der Waals surface area contributed by atoms with Gasteiger partial charge >= 0.3 is 0 Å². The molecule has 0 aliphatic heterocycles. The molecule has 1 fully saturated rings. The van der Waals surface area contributed by atoms with Gasteiger partial charge in [-0.15, -0.1) is 0 Å². The Kier molecular flexibility index (Phi) is 4.12. The Balaban J connectivity index is 2.24. The maximum absolute atomic E-state index is 13.6. The molecular formula is C13H17F2NOS. The normalized spacial score (nSPS) is 29.4. The van der Waals surface area contributed by atoms with Crippen molar-refractivity contribution in [2.24, 2.45) is 5.92 Å². The van der Waals surface area contributed by atoms with Crippen molar-refractivity contribution in [2.75, 3.05) is 7.05 Å². The van der Waals surface area contributed by atoms with Crippen molar-refractivity contribution >= 4 is 10.8 Å². The van der Waals surface area contributed by atoms with Crippen molar-refractivity contribution in [3.05, 3.63) is 29.8 Å². The molecule has 0 amide bonds. The smallest absolute Gasteiger partial charge is 0.139 e. The van der Waals surface area contributed by atoms with Gasteiger partial charge in [0.15, 0.2) is 0 Å². The monoisotopic (exact) mass is 273 g/mol. The molecule has 5 heteroatoms. The lowest BCUT2D eigenvalue weighted by atomic mass is 10.1. The molecule has 0 heterocycles. The van der Waals surface area contributed by atoms with Crippen molar-refractivity contribution in [2.45, 2.75) is 36.0 Å². The molecule has 1 N–H and O–H groups in total. The van der Waals surface area contributed by atoms with E-state index in [1.807, 2.05) is 14.0 Å². The molecule has 0 saturated heterocycles. The lowest BCUT2D eigenvalue weighted by molar-refractivity contribution is 0.459. The van der Waals surface area contributed by atoms with E-state index in [9.17, 15) is 13.0 Å². The maximum atomic E-state index is 13.6. The van der Waals surface area contributed by atoms with Crippen molar-refractivity contribution in [3.63, 3.8) is 0 Å². The Morgan fingerprint density at radius 2 is 2.06 bits per heavy atom. The van der Waals surface area contributed by atoms with E-state index in [-0.39, 0.29) is 16.1 Å². The minimum Gasteiger partial charge on any atom is -0.317 e. The van der Waals surface area contributed by atoms with E-state index in [0.29, 0.717) is 6.04 Å². The molecule has 18 heavy (non-hydrogen) atoms. The van der Waals surface area contributed by atoms with Crippen LogP contribution in [0, 0.1) is 17.6 Å². The van der Waals surface area contributed by atoms with Gasteiger partial charge in [-0.25, -0.2) is 8.78 Å². The van der Waals surface area contributed by atoms with Gasteiger partial charge in [0.25, 0.3) is 0 Å². The fourth-order valence-corrected chi connectivity index (χ4v) is 4.38. The van der Waals surface area contributed by atoms with Gasteiger partial charge in [0.2, 0.25) is 0 Å². The highest BCUT2D eigenvalue weighted by Crippen LogP contribution is 2.33. The van der Waals surface area contributed by atoms with Crippen LogP contribution in [0.2, 0.25) is 0 Å². The minimum atomic E-state index is -1.49. The van der Waals surface area contributed by atoms with E-state index in [1.54, 1.807) is 0 Å². The molecule has 4 unspecified atom stereocenters. The number of nitrogens with one attached hydrogen (secondary N) is 1. The predicted octanol–water partition coefficient (Wildman–Crippen LogP) is 2.46. The van der Waals surface area contributed by atoms with Gasteiger partial charge in [-0.1, -0.05) is 6.92 Å². The first-order chi connectivity index (χ1) is 8.54. The minimum absolute atomic E-state index is 0.0106. The van der Waals surface area contributed by atoms with Crippen LogP contribution >= 0.6 is 0 Å². The van der Waals surface area contributed by atoms with Gasteiger partial charge in [0, 0.05) is 11.3 Å². The molecule has 0 aromatic heterocycles. The number of halogens is 2. The molecular weight excluding hydrogens is 256 g/mol. The molecule has 1 aromatic rings. The second-order valence-electron chi connectivity index (χ2n) is 4.74. The predicted molar refractivity (Wildman–Crippen MR) is 67.8 cm³/mol. The summed E-state index contributed by atoms with van der Waals surface area (Å²) in [7, 11) is 0.382. The highest BCUT2D eigenvalue weighted by atomic mass is 32.2. The van der Waals surface area contributed by atoms with E-state index in [0.717, 1.165) is 31.0 Å². The Morgan fingerprint density at radius 3 is 2.67 bits per heavy atom. The third-order valence-electron chi connectivity index (χ3n) is 3.74. The Labute approximate surface area is 108 Å². The van der Waals surface area contributed by atoms with E-state index in [4.69, 9.17) is 0 Å². The second kappa shape index (κ2) is 5.45. The lowest BCUT2D eigenvalue weighted by Gasteiger charge is -2.20. The largest absolute Gasteiger partial charge is 0.317 e. The zero-order valence-electron chi connectivity index (χ0n) is 10.5. The van der Waals surface area contributed by atoms with Gasteiger partial charge in [-0.05, 0) is 44.0 Å². The first kappa shape index (κ1) is 13.6. The zero-order chi connectivity index (χ0) is 13.3. The fourth-order valence-electron chi connectivity index (χ4n) is 2.63. The van der Waals surface area contributed by atoms with E-state index < -0.39 is 22.4 Å². The number of hydrogen-bond acceptors (Lipinski definition) is 2. The summed E-state index contributed by atoms with van der Waals surface area (Å²) >= 11 is 0. The van der Waals surface area contributed by atoms with E-state index in [1.165, 1.54) is 0 Å². The van der Waals surface area contributed by atoms with Crippen molar-refractivity contribution in [1.82, 2.24) is 5.32 Å². The summed E-state index contributed by atoms with van der Waals surface area (Å²) in [5.41, 5.74) is 0. The SMILES string of the molecule is CNC1CCC(S(=O)c2cc(F)ccc2F)C1C. The van der Waals surface area contributed by atoms with Crippen LogP contribution in [0.25, 0.3) is 0 Å². The van der Waals surface area contributed by atoms with E-state index in [2.05, 4.69) is 5.32 Å². The number of hydrogen-bond donors (Lipinski definition) is 1. The van der Waals surface area contributed by atoms with Crippen LogP contribution in [-0.2, 0) is 10.8 Å². The number of rotatable bonds is 3. The van der Waals surface area contributed by atoms with Gasteiger partial charge in [-0.2, -0.15) is 0 Å². The van der Waals surface area contributed by atoms with Crippen LogP contribution in [0.4, 0.5) is 8.78 Å². The summed E-state index contributed by atoms with van der Waals surface area (Å²) in [5, 5.41) is 3.06. The van der Waals surface area contributed by atoms with Crippen LogP contribution in [0.15, 0.2) is 23.1 Å². The first-order valence-corrected chi connectivity index (χ1v) is 7.28. The molecule has 0 bridgehead atoms. The summed E-state index contributed by atoms with van der Waals surface area (Å²) in [5.74, 6) is -0.941. The molecule has 100 valence electrons. The summed E-state index contributed by atoms with van der Waals surface area (Å²) in [4.78, 5) is -0.0106. The van der Waals surface area contributed by atoms with Crippen LogP contribution < -0.4 is 5.32 Å². The van der Waals surface area contributed by atoms with Crippen molar-refractivity contribution in [3.8, 4) is 0 Å². The summed E-state index contributed by atoms with van der Waals surface area (Å²) in [6.07, 6.45) is 1.69. The van der Waals surface area contributed by atoms with Crippen molar-refractivity contribution in [1.29, 1.82) is 0 Å². The Hall–Kier alpha value is -0.810. The third kappa shape index (κ3) is 2.47. The van der Waals surface area contributed by atoms with Crippen LogP contribution in [-0.4, -0.2) is 22.5 Å². The van der Waals surface area contributed by atoms with Crippen LogP contribution in [0.3, 0.4) is 0 Å². The van der Waals surface area contributed by atoms with Gasteiger partial charge < -0.3 is 5.32 Å². The first-order valence-electron chi connectivity index (χ1n) is 6.07. The molecule has 1 aromatic carbocycles. The summed E-state index contributed by atoms with van der Waals surface area (Å²) in [6, 6.07) is 3.43. The lowest BCUT2D eigenvalue weighted by Crippen LogP contribution is -2.32. The van der Waals surface area contributed by atoms with Gasteiger partial charge in [0.1, 0.15) is 11.6 Å². The van der Waals surface area contributed by atoms with Gasteiger partial charge in [0.05, 0.1) is 15.7 Å². The zero-order valence-corrected chi connectivity index (χ0v) is 11.3. The molecule has 0 radical (unpaired) electrons. The summed E-state index contributed by atoms with van der Waals surface area (Å²) in [6.45, 7) is 2.01. The molecule has 2 rings (SSSR count). The Morgan fingerprint density at radius 1 is 1.33 bits per heavy atom. The molecule has 4 atom stereocenters. The van der Waals surface area contributed by atoms with Crippen LogP contribution in [0.1, 0.15) is 19.8 Å². The highest BCUT2D eigenvalue weighted by molar-refractivity contribution is 7.85. The molecule has 1 saturated carbocycles. The van der Waals surface area contributed by atoms with E-state index >= 15 is 0 Å². The topological polar surface area (TPSA) is 29.1 Å². The fraction of sp³-hybridized carbons (Fsp3) is 0.538. The summed E-state index contributed by atoms with van der Waals surface area (Å²) < 4.78 is 39.1. The average Bonchev–Trinajstić information content (AvgIpc) is 2.72. The van der Waals surface area contributed by atoms with Gasteiger partial charge in [-0.3, -0.25) is 4.21 Å². The van der Waals surface area contributed by atoms with Crippen molar-refractivity contribution < 1.29 is 13.0 Å².